The van der Waals surface area contributed by atoms with E-state index in [9.17, 15) is 13.2 Å². The van der Waals surface area contributed by atoms with Gasteiger partial charge in [-0.1, -0.05) is 40.2 Å². The van der Waals surface area contributed by atoms with Crippen LogP contribution in [0.15, 0.2) is 78.7 Å². The van der Waals surface area contributed by atoms with Crippen molar-refractivity contribution >= 4 is 74.2 Å². The van der Waals surface area contributed by atoms with E-state index in [-0.39, 0.29) is 10.2 Å². The van der Waals surface area contributed by atoms with E-state index in [0.29, 0.717) is 36.8 Å². The molecule has 7 nitrogen and oxygen atoms in total. The SMILES string of the molecule is COc1ccccc1-n1c(CS(=O)(=O)c2nc3ccccc3s2)nc2c(Br)cc(Br)cc2c1=O. The number of para-hydroxylation sites is 3. The zero-order valence-electron chi connectivity index (χ0n) is 17.5. The Bertz CT molecular complexity index is 1710. The molecule has 0 bridgehead atoms. The molecule has 0 spiro atoms. The second-order valence-corrected chi connectivity index (χ2v) is 12.3. The lowest BCUT2D eigenvalue weighted by atomic mass is 10.2. The van der Waals surface area contributed by atoms with Crippen LogP contribution in [0.5, 0.6) is 5.75 Å². The third kappa shape index (κ3) is 4.06. The molecule has 2 aromatic heterocycles. The Morgan fingerprint density at radius 2 is 1.76 bits per heavy atom. The third-order valence-corrected chi connectivity index (χ3v) is 9.31. The summed E-state index contributed by atoms with van der Waals surface area (Å²) in [6.07, 6.45) is 0. The fraction of sp³-hybridized carbons (Fsp3) is 0.0870. The summed E-state index contributed by atoms with van der Waals surface area (Å²) in [6, 6.07) is 17.5. The monoisotopic (exact) mass is 619 g/mol. The molecular formula is C23H15Br2N3O4S2. The zero-order valence-corrected chi connectivity index (χ0v) is 22.3. The average molecular weight is 621 g/mol. The predicted molar refractivity (Wildman–Crippen MR) is 140 cm³/mol. The number of fused-ring (bicyclic) bond motifs is 2. The Balaban J connectivity index is 1.77. The van der Waals surface area contributed by atoms with Crippen molar-refractivity contribution in [1.29, 1.82) is 0 Å². The van der Waals surface area contributed by atoms with E-state index in [1.807, 2.05) is 12.1 Å². The standard InChI is InChI=1S/C23H15Br2N3O4S2/c1-32-18-8-4-3-7-17(18)28-20(27-21-14(22(28)29)10-13(24)11-15(21)25)12-34(30,31)23-26-16-6-2-5-9-19(16)33-23/h2-11H,12H2,1H3. The number of sulfone groups is 1. The van der Waals surface area contributed by atoms with Crippen LogP contribution >= 0.6 is 43.2 Å². The molecule has 11 heteroatoms. The molecule has 0 atom stereocenters. The van der Waals surface area contributed by atoms with Gasteiger partial charge in [0.05, 0.1) is 33.9 Å². The molecule has 2 heterocycles. The van der Waals surface area contributed by atoms with E-state index in [1.54, 1.807) is 48.5 Å². The maximum atomic E-state index is 13.7. The summed E-state index contributed by atoms with van der Waals surface area (Å²) in [7, 11) is -2.42. The van der Waals surface area contributed by atoms with Gasteiger partial charge in [0.2, 0.25) is 14.2 Å². The molecule has 0 aliphatic heterocycles. The van der Waals surface area contributed by atoms with Crippen LogP contribution in [0.4, 0.5) is 0 Å². The Morgan fingerprint density at radius 1 is 1.03 bits per heavy atom. The maximum Gasteiger partial charge on any atom is 0.266 e. The Kier molecular flexibility index (Phi) is 6.05. The summed E-state index contributed by atoms with van der Waals surface area (Å²) in [6.45, 7) is 0. The van der Waals surface area contributed by atoms with Crippen LogP contribution in [-0.2, 0) is 15.6 Å². The molecule has 0 N–H and O–H groups in total. The summed E-state index contributed by atoms with van der Waals surface area (Å²) >= 11 is 7.95. The van der Waals surface area contributed by atoms with Gasteiger partial charge in [0.15, 0.2) is 0 Å². The number of halogens is 2. The van der Waals surface area contributed by atoms with Crippen molar-refractivity contribution in [1.82, 2.24) is 14.5 Å². The molecule has 0 radical (unpaired) electrons. The van der Waals surface area contributed by atoms with Gasteiger partial charge in [-0.2, -0.15) is 0 Å². The zero-order chi connectivity index (χ0) is 24.0. The molecule has 0 fully saturated rings. The minimum Gasteiger partial charge on any atom is -0.495 e. The second kappa shape index (κ2) is 8.88. The highest BCUT2D eigenvalue weighted by Crippen LogP contribution is 2.31. The number of methoxy groups -OCH3 is 1. The van der Waals surface area contributed by atoms with Crippen molar-refractivity contribution in [3.05, 3.63) is 85.8 Å². The number of thiazole rings is 1. The Morgan fingerprint density at radius 3 is 2.53 bits per heavy atom. The van der Waals surface area contributed by atoms with Crippen LogP contribution in [-0.4, -0.2) is 30.1 Å². The summed E-state index contributed by atoms with van der Waals surface area (Å²) in [5.74, 6) is -0.0406. The highest BCUT2D eigenvalue weighted by molar-refractivity contribution is 9.11. The number of ether oxygens (including phenoxy) is 1. The molecule has 0 aliphatic carbocycles. The molecule has 0 saturated carbocycles. The first kappa shape index (κ1) is 23.2. The van der Waals surface area contributed by atoms with Crippen molar-refractivity contribution in [2.75, 3.05) is 7.11 Å². The lowest BCUT2D eigenvalue weighted by Crippen LogP contribution is -2.26. The van der Waals surface area contributed by atoms with Crippen LogP contribution in [0, 0.1) is 0 Å². The Hall–Kier alpha value is -2.60. The first-order chi connectivity index (χ1) is 16.3. The summed E-state index contributed by atoms with van der Waals surface area (Å²) in [5, 5.41) is 0.327. The second-order valence-electron chi connectivity index (χ2n) is 7.33. The molecule has 0 unspecified atom stereocenters. The van der Waals surface area contributed by atoms with Gasteiger partial charge in [0.25, 0.3) is 5.56 Å². The predicted octanol–water partition coefficient (Wildman–Crippen LogP) is 5.50. The number of benzene rings is 3. The molecule has 0 amide bonds. The van der Waals surface area contributed by atoms with Gasteiger partial charge in [-0.25, -0.2) is 18.4 Å². The minimum absolute atomic E-state index is 0.0236. The van der Waals surface area contributed by atoms with Gasteiger partial charge >= 0.3 is 0 Å². The average Bonchev–Trinajstić information content (AvgIpc) is 3.26. The smallest absolute Gasteiger partial charge is 0.266 e. The topological polar surface area (TPSA) is 91.2 Å². The van der Waals surface area contributed by atoms with Crippen LogP contribution in [0.1, 0.15) is 5.82 Å². The molecule has 0 saturated heterocycles. The normalized spacial score (nSPS) is 11.9. The molecule has 5 rings (SSSR count). The first-order valence-corrected chi connectivity index (χ1v) is 14.0. The molecule has 3 aromatic carbocycles. The summed E-state index contributed by atoms with van der Waals surface area (Å²) in [5.41, 5.74) is 0.960. The number of rotatable bonds is 5. The number of nitrogens with zero attached hydrogens (tertiary/aromatic N) is 3. The van der Waals surface area contributed by atoms with Crippen LogP contribution in [0.2, 0.25) is 0 Å². The molecular weight excluding hydrogens is 606 g/mol. The fourth-order valence-corrected chi connectivity index (χ4v) is 7.49. The van der Waals surface area contributed by atoms with E-state index < -0.39 is 21.1 Å². The summed E-state index contributed by atoms with van der Waals surface area (Å²) < 4.78 is 35.6. The van der Waals surface area contributed by atoms with Gasteiger partial charge in [0.1, 0.15) is 17.3 Å². The Labute approximate surface area is 215 Å². The molecule has 0 aliphatic rings. The highest BCUT2D eigenvalue weighted by atomic mass is 79.9. The van der Waals surface area contributed by atoms with E-state index >= 15 is 0 Å². The van der Waals surface area contributed by atoms with Crippen molar-refractivity contribution < 1.29 is 13.2 Å². The van der Waals surface area contributed by atoms with Gasteiger partial charge in [-0.3, -0.25) is 9.36 Å². The molecule has 172 valence electrons. The quantitative estimate of drug-likeness (QED) is 0.258. The van der Waals surface area contributed by atoms with Crippen molar-refractivity contribution in [2.45, 2.75) is 10.1 Å². The maximum absolute atomic E-state index is 13.7. The minimum atomic E-state index is -3.91. The van der Waals surface area contributed by atoms with Gasteiger partial charge in [-0.05, 0) is 52.3 Å². The fourth-order valence-electron chi connectivity index (χ4n) is 3.63. The van der Waals surface area contributed by atoms with Gasteiger partial charge < -0.3 is 4.74 Å². The molecule has 5 aromatic rings. The lowest BCUT2D eigenvalue weighted by molar-refractivity contribution is 0.412. The van der Waals surface area contributed by atoms with Crippen LogP contribution < -0.4 is 10.3 Å². The lowest BCUT2D eigenvalue weighted by Gasteiger charge is -2.16. The van der Waals surface area contributed by atoms with Crippen LogP contribution in [0.3, 0.4) is 0 Å². The van der Waals surface area contributed by atoms with E-state index in [0.717, 1.165) is 16.0 Å². The number of aromatic nitrogens is 3. The number of hydrogen-bond donors (Lipinski definition) is 0. The third-order valence-electron chi connectivity index (χ3n) is 5.15. The van der Waals surface area contributed by atoms with Crippen LogP contribution in [0.25, 0.3) is 26.8 Å². The van der Waals surface area contributed by atoms with Crippen molar-refractivity contribution in [3.8, 4) is 11.4 Å². The van der Waals surface area contributed by atoms with E-state index in [2.05, 4.69) is 41.8 Å². The van der Waals surface area contributed by atoms with Crippen molar-refractivity contribution in [2.24, 2.45) is 0 Å². The highest BCUT2D eigenvalue weighted by Gasteiger charge is 2.26. The van der Waals surface area contributed by atoms with Crippen molar-refractivity contribution in [3.63, 3.8) is 0 Å². The molecule has 34 heavy (non-hydrogen) atoms. The van der Waals surface area contributed by atoms with Gasteiger partial charge in [-0.15, -0.1) is 11.3 Å². The first-order valence-electron chi connectivity index (χ1n) is 9.91. The summed E-state index contributed by atoms with van der Waals surface area (Å²) in [4.78, 5) is 22.6. The largest absolute Gasteiger partial charge is 0.495 e. The van der Waals surface area contributed by atoms with Gasteiger partial charge in [0, 0.05) is 8.95 Å². The van der Waals surface area contributed by atoms with E-state index in [1.165, 1.54) is 11.7 Å². The number of hydrogen-bond acceptors (Lipinski definition) is 7. The van der Waals surface area contributed by atoms with E-state index in [4.69, 9.17) is 4.74 Å².